The monoisotopic (exact) mass is 409 g/mol. The first kappa shape index (κ1) is 21.9. The largest absolute Gasteiger partial charge is 0.497 e. The quantitative estimate of drug-likeness (QED) is 0.680. The van der Waals surface area contributed by atoms with E-state index >= 15 is 0 Å². The van der Waals surface area contributed by atoms with Crippen molar-refractivity contribution in [3.8, 4) is 5.75 Å². The maximum atomic E-state index is 12.5. The Balaban J connectivity index is 1.47. The second kappa shape index (κ2) is 9.33. The van der Waals surface area contributed by atoms with E-state index in [0.29, 0.717) is 24.6 Å². The number of likely N-dealkylation sites (tertiary alicyclic amines) is 1. The van der Waals surface area contributed by atoms with Crippen molar-refractivity contribution in [2.45, 2.75) is 44.9 Å². The minimum atomic E-state index is -0.461. The zero-order valence-electron chi connectivity index (χ0n) is 18.3. The first-order chi connectivity index (χ1) is 14.3. The molecule has 3 rings (SSSR count). The van der Waals surface area contributed by atoms with Crippen molar-refractivity contribution in [3.63, 3.8) is 0 Å². The van der Waals surface area contributed by atoms with E-state index in [1.54, 1.807) is 24.1 Å². The summed E-state index contributed by atoms with van der Waals surface area (Å²) in [6, 6.07) is 15.5. The van der Waals surface area contributed by atoms with Gasteiger partial charge in [-0.05, 0) is 59.6 Å². The Morgan fingerprint density at radius 1 is 0.967 bits per heavy atom. The van der Waals surface area contributed by atoms with Crippen LogP contribution in [0.4, 0.5) is 0 Å². The lowest BCUT2D eigenvalue weighted by Crippen LogP contribution is -2.40. The standard InChI is InChI=1S/C25H31NO4/c1-25(2,3)21-9-5-20(6-10-21)24(28)30-17-23(27)26-15-13-19(14-16-26)18-7-11-22(29-4)12-8-18/h5-12,19H,13-17H2,1-4H3. The van der Waals surface area contributed by atoms with E-state index in [1.165, 1.54) is 5.56 Å². The van der Waals surface area contributed by atoms with E-state index in [1.807, 2.05) is 24.3 Å². The third-order valence-electron chi connectivity index (χ3n) is 5.75. The van der Waals surface area contributed by atoms with E-state index in [9.17, 15) is 9.59 Å². The highest BCUT2D eigenvalue weighted by molar-refractivity contribution is 5.91. The van der Waals surface area contributed by atoms with Gasteiger partial charge in [0.05, 0.1) is 12.7 Å². The molecule has 2 aromatic carbocycles. The van der Waals surface area contributed by atoms with Gasteiger partial charge in [0.25, 0.3) is 5.91 Å². The minimum Gasteiger partial charge on any atom is -0.497 e. The molecule has 5 heteroatoms. The number of hydrogen-bond donors (Lipinski definition) is 0. The summed E-state index contributed by atoms with van der Waals surface area (Å²) in [5.41, 5.74) is 2.91. The number of carbonyl (C=O) groups is 2. The molecular formula is C25H31NO4. The lowest BCUT2D eigenvalue weighted by molar-refractivity contribution is -0.135. The summed E-state index contributed by atoms with van der Waals surface area (Å²) < 4.78 is 10.5. The number of amides is 1. The molecule has 1 fully saturated rings. The second-order valence-corrected chi connectivity index (χ2v) is 8.83. The van der Waals surface area contributed by atoms with Gasteiger partial charge in [-0.1, -0.05) is 45.0 Å². The third kappa shape index (κ3) is 5.41. The maximum Gasteiger partial charge on any atom is 0.338 e. The van der Waals surface area contributed by atoms with Crippen molar-refractivity contribution in [3.05, 3.63) is 65.2 Å². The average Bonchev–Trinajstić information content (AvgIpc) is 2.77. The number of esters is 1. The van der Waals surface area contributed by atoms with Gasteiger partial charge in [0, 0.05) is 13.1 Å². The van der Waals surface area contributed by atoms with Gasteiger partial charge in [-0.25, -0.2) is 4.79 Å². The first-order valence-electron chi connectivity index (χ1n) is 10.5. The average molecular weight is 410 g/mol. The summed E-state index contributed by atoms with van der Waals surface area (Å²) in [6.07, 6.45) is 1.81. The topological polar surface area (TPSA) is 55.8 Å². The predicted octanol–water partition coefficient (Wildman–Crippen LogP) is 4.56. The Hall–Kier alpha value is -2.82. The molecule has 1 saturated heterocycles. The van der Waals surface area contributed by atoms with Gasteiger partial charge in [-0.2, -0.15) is 0 Å². The molecule has 0 atom stereocenters. The number of hydrogen-bond acceptors (Lipinski definition) is 4. The van der Waals surface area contributed by atoms with Crippen LogP contribution in [0.2, 0.25) is 0 Å². The molecule has 1 heterocycles. The van der Waals surface area contributed by atoms with Gasteiger partial charge < -0.3 is 14.4 Å². The molecule has 0 aromatic heterocycles. The van der Waals surface area contributed by atoms with Gasteiger partial charge >= 0.3 is 5.97 Å². The Morgan fingerprint density at radius 3 is 2.10 bits per heavy atom. The fourth-order valence-corrected chi connectivity index (χ4v) is 3.75. The van der Waals surface area contributed by atoms with E-state index < -0.39 is 5.97 Å². The van der Waals surface area contributed by atoms with Crippen molar-refractivity contribution in [1.29, 1.82) is 0 Å². The fourth-order valence-electron chi connectivity index (χ4n) is 3.75. The van der Waals surface area contributed by atoms with E-state index in [-0.39, 0.29) is 17.9 Å². The van der Waals surface area contributed by atoms with Gasteiger partial charge in [0.2, 0.25) is 0 Å². The van der Waals surface area contributed by atoms with Crippen LogP contribution in [0.5, 0.6) is 5.75 Å². The molecule has 0 spiro atoms. The summed E-state index contributed by atoms with van der Waals surface area (Å²) in [5.74, 6) is 0.685. The molecule has 0 N–H and O–H groups in total. The molecule has 0 aliphatic carbocycles. The zero-order chi connectivity index (χ0) is 21.7. The molecule has 1 aliphatic heterocycles. The highest BCUT2D eigenvalue weighted by Crippen LogP contribution is 2.29. The number of benzene rings is 2. The van der Waals surface area contributed by atoms with Gasteiger partial charge in [-0.3, -0.25) is 4.79 Å². The van der Waals surface area contributed by atoms with Crippen LogP contribution in [0, 0.1) is 0 Å². The van der Waals surface area contributed by atoms with Crippen molar-refractivity contribution in [2.24, 2.45) is 0 Å². The molecule has 0 radical (unpaired) electrons. The van der Waals surface area contributed by atoms with Crippen molar-refractivity contribution < 1.29 is 19.1 Å². The normalized spacial score (nSPS) is 15.0. The van der Waals surface area contributed by atoms with Crippen molar-refractivity contribution in [2.75, 3.05) is 26.8 Å². The van der Waals surface area contributed by atoms with Gasteiger partial charge in [-0.15, -0.1) is 0 Å². The fraction of sp³-hybridized carbons (Fsp3) is 0.440. The van der Waals surface area contributed by atoms with Crippen LogP contribution in [0.3, 0.4) is 0 Å². The molecule has 30 heavy (non-hydrogen) atoms. The first-order valence-corrected chi connectivity index (χ1v) is 10.5. The number of ether oxygens (including phenoxy) is 2. The number of carbonyl (C=O) groups excluding carboxylic acids is 2. The van der Waals surface area contributed by atoms with Crippen molar-refractivity contribution >= 4 is 11.9 Å². The van der Waals surface area contributed by atoms with Crippen LogP contribution >= 0.6 is 0 Å². The zero-order valence-corrected chi connectivity index (χ0v) is 18.3. The molecule has 1 aliphatic rings. The molecule has 0 bridgehead atoms. The van der Waals surface area contributed by atoms with Crippen LogP contribution in [0.1, 0.15) is 61.0 Å². The SMILES string of the molecule is COc1ccc(C2CCN(C(=O)COC(=O)c3ccc(C(C)(C)C)cc3)CC2)cc1. The van der Waals surface area contributed by atoms with Crippen LogP contribution < -0.4 is 4.74 Å². The van der Waals surface area contributed by atoms with Crippen LogP contribution in [-0.4, -0.2) is 43.6 Å². The summed E-state index contributed by atoms with van der Waals surface area (Å²) >= 11 is 0. The highest BCUT2D eigenvalue weighted by atomic mass is 16.5. The molecular weight excluding hydrogens is 378 g/mol. The second-order valence-electron chi connectivity index (χ2n) is 8.83. The van der Waals surface area contributed by atoms with Crippen LogP contribution in [0.25, 0.3) is 0 Å². The minimum absolute atomic E-state index is 0.0241. The Bertz CT molecular complexity index is 858. The highest BCUT2D eigenvalue weighted by Gasteiger charge is 2.24. The van der Waals surface area contributed by atoms with Gasteiger partial charge in [0.1, 0.15) is 5.75 Å². The maximum absolute atomic E-state index is 12.5. The predicted molar refractivity (Wildman–Crippen MR) is 117 cm³/mol. The summed E-state index contributed by atoms with van der Waals surface area (Å²) in [5, 5.41) is 0. The Morgan fingerprint density at radius 2 is 1.57 bits per heavy atom. The molecule has 5 nitrogen and oxygen atoms in total. The van der Waals surface area contributed by atoms with E-state index in [2.05, 4.69) is 32.9 Å². The Labute approximate surface area is 179 Å². The summed E-state index contributed by atoms with van der Waals surface area (Å²) in [6.45, 7) is 7.50. The lowest BCUT2D eigenvalue weighted by Gasteiger charge is -2.32. The van der Waals surface area contributed by atoms with Crippen LogP contribution in [0.15, 0.2) is 48.5 Å². The third-order valence-corrected chi connectivity index (χ3v) is 5.75. The van der Waals surface area contributed by atoms with Gasteiger partial charge in [0.15, 0.2) is 6.61 Å². The van der Waals surface area contributed by atoms with Crippen molar-refractivity contribution in [1.82, 2.24) is 4.90 Å². The number of piperidine rings is 1. The molecule has 1 amide bonds. The van der Waals surface area contributed by atoms with Crippen LogP contribution in [-0.2, 0) is 14.9 Å². The number of rotatable bonds is 5. The molecule has 2 aromatic rings. The smallest absolute Gasteiger partial charge is 0.338 e. The summed E-state index contributed by atoms with van der Waals surface area (Å²) in [4.78, 5) is 26.5. The Kier molecular flexibility index (Phi) is 6.80. The van der Waals surface area contributed by atoms with E-state index in [4.69, 9.17) is 9.47 Å². The lowest BCUT2D eigenvalue weighted by atomic mass is 9.87. The van der Waals surface area contributed by atoms with E-state index in [0.717, 1.165) is 24.2 Å². The molecule has 0 unspecified atom stereocenters. The number of methoxy groups -OCH3 is 1. The summed E-state index contributed by atoms with van der Waals surface area (Å²) in [7, 11) is 1.66. The molecule has 0 saturated carbocycles. The number of nitrogens with zero attached hydrogens (tertiary/aromatic N) is 1. The molecule has 160 valence electrons.